The zero-order chi connectivity index (χ0) is 16.8. The normalized spacial score (nSPS) is 20.4. The maximum Gasteiger partial charge on any atom is 0.221 e. The Labute approximate surface area is 138 Å². The second-order valence-corrected chi connectivity index (χ2v) is 6.66. The van der Waals surface area contributed by atoms with Crippen molar-refractivity contribution in [2.45, 2.75) is 38.7 Å². The number of piperidine rings is 1. The van der Waals surface area contributed by atoms with E-state index in [1.165, 1.54) is 0 Å². The molecule has 1 aliphatic rings. The molecule has 0 radical (unpaired) electrons. The molecule has 0 aromatic heterocycles. The largest absolute Gasteiger partial charge is 0.491 e. The molecule has 0 unspecified atom stereocenters. The van der Waals surface area contributed by atoms with Crippen molar-refractivity contribution in [2.75, 3.05) is 26.2 Å². The van der Waals surface area contributed by atoms with Gasteiger partial charge in [-0.2, -0.15) is 0 Å². The third kappa shape index (κ3) is 5.22. The lowest BCUT2D eigenvalue weighted by Gasteiger charge is -2.32. The van der Waals surface area contributed by atoms with Gasteiger partial charge in [0.15, 0.2) is 0 Å². The summed E-state index contributed by atoms with van der Waals surface area (Å²) in [5.41, 5.74) is 6.53. The van der Waals surface area contributed by atoms with Crippen molar-refractivity contribution >= 4 is 5.91 Å². The van der Waals surface area contributed by atoms with Gasteiger partial charge in [-0.1, -0.05) is 32.0 Å². The molecule has 2 rings (SSSR count). The molecule has 5 heteroatoms. The number of likely N-dealkylation sites (tertiary alicyclic amines) is 1. The van der Waals surface area contributed by atoms with Gasteiger partial charge in [-0.15, -0.1) is 0 Å². The van der Waals surface area contributed by atoms with E-state index in [0.717, 1.165) is 30.7 Å². The van der Waals surface area contributed by atoms with Crippen LogP contribution in [0.3, 0.4) is 0 Å². The molecule has 0 spiro atoms. The van der Waals surface area contributed by atoms with E-state index < -0.39 is 6.10 Å². The van der Waals surface area contributed by atoms with Crippen LogP contribution in [0.15, 0.2) is 24.3 Å². The van der Waals surface area contributed by atoms with Gasteiger partial charge < -0.3 is 15.6 Å². The first-order valence-electron chi connectivity index (χ1n) is 8.38. The standard InChI is InChI=1S/C18H28N2O3/c1-13(2)16-7-3-4-8-17(16)23-12-15(21)11-20-9-5-6-14(10-20)18(19)22/h3-4,7-8,13-15,21H,5-6,9-12H2,1-2H3,(H2,19,22)/t14-,15-/m1/s1. The molecular weight excluding hydrogens is 292 g/mol. The third-order valence-electron chi connectivity index (χ3n) is 4.35. The van der Waals surface area contributed by atoms with E-state index in [1.54, 1.807) is 0 Å². The Kier molecular flexibility index (Phi) is 6.42. The van der Waals surface area contributed by atoms with E-state index in [2.05, 4.69) is 24.8 Å². The summed E-state index contributed by atoms with van der Waals surface area (Å²) < 4.78 is 5.81. The lowest BCUT2D eigenvalue weighted by Crippen LogP contribution is -2.45. The van der Waals surface area contributed by atoms with Crippen LogP contribution in [0.25, 0.3) is 0 Å². The molecule has 128 valence electrons. The van der Waals surface area contributed by atoms with Crippen molar-refractivity contribution in [1.29, 1.82) is 0 Å². The minimum Gasteiger partial charge on any atom is -0.491 e. The maximum atomic E-state index is 11.3. The smallest absolute Gasteiger partial charge is 0.221 e. The molecule has 1 heterocycles. The summed E-state index contributed by atoms with van der Waals surface area (Å²) >= 11 is 0. The molecule has 1 fully saturated rings. The van der Waals surface area contributed by atoms with Gasteiger partial charge in [0.25, 0.3) is 0 Å². The topological polar surface area (TPSA) is 75.8 Å². The number of rotatable bonds is 7. The van der Waals surface area contributed by atoms with E-state index in [9.17, 15) is 9.90 Å². The fourth-order valence-corrected chi connectivity index (χ4v) is 3.08. The minimum absolute atomic E-state index is 0.0986. The number of benzene rings is 1. The fraction of sp³-hybridized carbons (Fsp3) is 0.611. The number of nitrogens with zero attached hydrogens (tertiary/aromatic N) is 1. The monoisotopic (exact) mass is 320 g/mol. The van der Waals surface area contributed by atoms with Gasteiger partial charge >= 0.3 is 0 Å². The second-order valence-electron chi connectivity index (χ2n) is 6.66. The van der Waals surface area contributed by atoms with Gasteiger partial charge in [-0.25, -0.2) is 0 Å². The summed E-state index contributed by atoms with van der Waals surface area (Å²) in [6, 6.07) is 7.92. The van der Waals surface area contributed by atoms with Gasteiger partial charge in [0, 0.05) is 13.1 Å². The molecule has 1 aliphatic heterocycles. The number of hydrogen-bond acceptors (Lipinski definition) is 4. The number of amides is 1. The predicted molar refractivity (Wildman–Crippen MR) is 90.4 cm³/mol. The second kappa shape index (κ2) is 8.31. The molecule has 23 heavy (non-hydrogen) atoms. The maximum absolute atomic E-state index is 11.3. The first-order valence-corrected chi connectivity index (χ1v) is 8.38. The van der Waals surface area contributed by atoms with Crippen molar-refractivity contribution in [2.24, 2.45) is 11.7 Å². The average molecular weight is 320 g/mol. The molecule has 2 atom stereocenters. The Bertz CT molecular complexity index is 519. The predicted octanol–water partition coefficient (Wildman–Crippen LogP) is 1.75. The van der Waals surface area contributed by atoms with E-state index in [-0.39, 0.29) is 18.4 Å². The Morgan fingerprint density at radius 1 is 1.43 bits per heavy atom. The van der Waals surface area contributed by atoms with Crippen molar-refractivity contribution in [3.05, 3.63) is 29.8 Å². The van der Waals surface area contributed by atoms with Gasteiger partial charge in [0.2, 0.25) is 5.91 Å². The lowest BCUT2D eigenvalue weighted by molar-refractivity contribution is -0.123. The number of aliphatic hydroxyl groups excluding tert-OH is 1. The first kappa shape index (κ1) is 17.8. The van der Waals surface area contributed by atoms with Crippen LogP contribution < -0.4 is 10.5 Å². The minimum atomic E-state index is -0.582. The van der Waals surface area contributed by atoms with Crippen LogP contribution in [0.1, 0.15) is 38.2 Å². The number of nitrogens with two attached hydrogens (primary N) is 1. The quantitative estimate of drug-likeness (QED) is 0.802. The molecule has 1 aromatic carbocycles. The van der Waals surface area contributed by atoms with E-state index in [0.29, 0.717) is 19.0 Å². The Balaban J connectivity index is 1.83. The molecule has 5 nitrogen and oxygen atoms in total. The number of β-amino-alcohol motifs (C(OH)–C–C–N with tert-alkyl or cyclic N) is 1. The number of hydrogen-bond donors (Lipinski definition) is 2. The van der Waals surface area contributed by atoms with Gasteiger partial charge in [0.05, 0.1) is 5.92 Å². The highest BCUT2D eigenvalue weighted by atomic mass is 16.5. The number of carbonyl (C=O) groups is 1. The molecule has 1 amide bonds. The highest BCUT2D eigenvalue weighted by Gasteiger charge is 2.25. The number of aliphatic hydroxyl groups is 1. The van der Waals surface area contributed by atoms with Crippen LogP contribution in [0, 0.1) is 5.92 Å². The summed E-state index contributed by atoms with van der Waals surface area (Å²) in [4.78, 5) is 13.4. The van der Waals surface area contributed by atoms with Gasteiger partial charge in [-0.3, -0.25) is 9.69 Å². The molecule has 3 N–H and O–H groups in total. The number of para-hydroxylation sites is 1. The Hall–Kier alpha value is -1.59. The van der Waals surface area contributed by atoms with Crippen molar-refractivity contribution in [3.8, 4) is 5.75 Å². The molecule has 0 bridgehead atoms. The molecule has 1 aromatic rings. The van der Waals surface area contributed by atoms with Crippen molar-refractivity contribution in [3.63, 3.8) is 0 Å². The van der Waals surface area contributed by atoms with Gasteiger partial charge in [-0.05, 0) is 36.9 Å². The summed E-state index contributed by atoms with van der Waals surface area (Å²) in [5.74, 6) is 0.863. The Morgan fingerprint density at radius 2 is 2.17 bits per heavy atom. The fourth-order valence-electron chi connectivity index (χ4n) is 3.08. The van der Waals surface area contributed by atoms with Crippen LogP contribution in [0.2, 0.25) is 0 Å². The summed E-state index contributed by atoms with van der Waals surface area (Å²) in [6.45, 7) is 6.53. The molecular formula is C18H28N2O3. The van der Waals surface area contributed by atoms with E-state index in [4.69, 9.17) is 10.5 Å². The highest BCUT2D eigenvalue weighted by molar-refractivity contribution is 5.76. The highest BCUT2D eigenvalue weighted by Crippen LogP contribution is 2.26. The zero-order valence-corrected chi connectivity index (χ0v) is 14.1. The number of carbonyl (C=O) groups excluding carboxylic acids is 1. The van der Waals surface area contributed by atoms with Crippen molar-refractivity contribution < 1.29 is 14.6 Å². The molecule has 0 saturated carbocycles. The number of ether oxygens (including phenoxy) is 1. The van der Waals surface area contributed by atoms with Crippen LogP contribution in [0.4, 0.5) is 0 Å². The van der Waals surface area contributed by atoms with E-state index >= 15 is 0 Å². The average Bonchev–Trinajstić information content (AvgIpc) is 2.53. The van der Waals surface area contributed by atoms with Crippen LogP contribution in [-0.2, 0) is 4.79 Å². The summed E-state index contributed by atoms with van der Waals surface area (Å²) in [7, 11) is 0. The molecule has 0 aliphatic carbocycles. The SMILES string of the molecule is CC(C)c1ccccc1OC[C@H](O)CN1CCC[C@@H](C(N)=O)C1. The zero-order valence-electron chi connectivity index (χ0n) is 14.1. The first-order chi connectivity index (χ1) is 11.0. The van der Waals surface area contributed by atoms with Crippen LogP contribution in [-0.4, -0.2) is 48.3 Å². The summed E-state index contributed by atoms with van der Waals surface area (Å²) in [5, 5.41) is 10.2. The third-order valence-corrected chi connectivity index (χ3v) is 4.35. The van der Waals surface area contributed by atoms with E-state index in [1.807, 2.05) is 18.2 Å². The van der Waals surface area contributed by atoms with Crippen LogP contribution >= 0.6 is 0 Å². The summed E-state index contributed by atoms with van der Waals surface area (Å²) in [6.07, 6.45) is 1.21. The number of primary amides is 1. The van der Waals surface area contributed by atoms with Crippen molar-refractivity contribution in [1.82, 2.24) is 4.90 Å². The molecule has 1 saturated heterocycles. The van der Waals surface area contributed by atoms with Gasteiger partial charge in [0.1, 0.15) is 18.5 Å². The van der Waals surface area contributed by atoms with Crippen LogP contribution in [0.5, 0.6) is 5.75 Å². The lowest BCUT2D eigenvalue weighted by atomic mass is 9.97. The Morgan fingerprint density at radius 3 is 2.87 bits per heavy atom.